The molecule has 0 bridgehead atoms. The van der Waals surface area contributed by atoms with Crippen LogP contribution in [-0.2, 0) is 24.9 Å². The van der Waals surface area contributed by atoms with Crippen molar-refractivity contribution < 1.29 is 34.4 Å². The van der Waals surface area contributed by atoms with Crippen LogP contribution in [0.1, 0.15) is 115 Å². The Morgan fingerprint density at radius 2 is 1.60 bits per heavy atom. The number of aliphatic hydroxyl groups excluding tert-OH is 1. The molecule has 1 saturated carbocycles. The van der Waals surface area contributed by atoms with Gasteiger partial charge in [-0.15, -0.1) is 34.9 Å². The number of fused-ring (bicyclic) bond motifs is 3. The number of aromatic nitrogens is 1. The van der Waals surface area contributed by atoms with Gasteiger partial charge < -0.3 is 10.1 Å². The number of ketones is 1. The van der Waals surface area contributed by atoms with Crippen LogP contribution in [0.5, 0.6) is 0 Å². The molecule has 1 radical (unpaired) electrons. The topological polar surface area (TPSA) is 50.2 Å². The molecule has 3 nitrogen and oxygen atoms in total. The number of allylic oxidation sites excluding steroid dienone is 2. The van der Waals surface area contributed by atoms with Crippen LogP contribution in [0.4, 0.5) is 4.39 Å². The van der Waals surface area contributed by atoms with Gasteiger partial charge in [0.05, 0.1) is 5.76 Å². The van der Waals surface area contributed by atoms with Crippen LogP contribution in [0.2, 0.25) is 0 Å². The summed E-state index contributed by atoms with van der Waals surface area (Å²) in [6, 6.07) is 17.4. The van der Waals surface area contributed by atoms with Gasteiger partial charge in [-0.05, 0) is 101 Å². The van der Waals surface area contributed by atoms with E-state index in [1.165, 1.54) is 54.7 Å². The summed E-state index contributed by atoms with van der Waals surface area (Å²) in [7, 11) is 0. The average molecular weight is 815 g/mol. The molecule has 1 aliphatic rings. The molecule has 1 aromatic heterocycles. The Morgan fingerprint density at radius 1 is 0.936 bits per heavy atom. The summed E-state index contributed by atoms with van der Waals surface area (Å²) < 4.78 is 14.4. The van der Waals surface area contributed by atoms with Gasteiger partial charge in [0.2, 0.25) is 0 Å². The summed E-state index contributed by atoms with van der Waals surface area (Å²) in [6.07, 6.45) is 13.3. The number of carbonyl (C=O) groups excluding carboxylic acids is 1. The summed E-state index contributed by atoms with van der Waals surface area (Å²) >= 11 is 0. The third kappa shape index (κ3) is 9.39. The fraction of sp³-hybridized carbons (Fsp3) is 0.476. The predicted molar refractivity (Wildman–Crippen MR) is 192 cm³/mol. The summed E-state index contributed by atoms with van der Waals surface area (Å²) in [4.78, 5) is 16.5. The molecule has 1 N–H and O–H groups in total. The van der Waals surface area contributed by atoms with E-state index in [-0.39, 0.29) is 49.3 Å². The standard InChI is InChI=1S/C29H29FN.C13H24O2.Ir/c1-18-13-19(2)15-23(14-18)29-28-22(11-12-31-29)16-26(20(3)21-7-5-4-6-8-21)27-17-24(30)9-10-25(27)28;1-5-10(6-2)12(14)9-13(15)11(7-3)8-4;/h9-14,16-17,20-21H,4-8H2,1-3H3;9-11,14H,5-8H2,1-4H3;/q-1;;/b;12-9-;. The van der Waals surface area contributed by atoms with Crippen molar-refractivity contribution >= 4 is 27.3 Å². The summed E-state index contributed by atoms with van der Waals surface area (Å²) in [5, 5.41) is 14.2. The van der Waals surface area contributed by atoms with Gasteiger partial charge in [-0.3, -0.25) is 4.79 Å². The minimum absolute atomic E-state index is 0. The number of rotatable bonds is 10. The first-order chi connectivity index (χ1) is 22.1. The average Bonchev–Trinajstić information content (AvgIpc) is 3.05. The maximum atomic E-state index is 14.4. The maximum absolute atomic E-state index is 14.4. The van der Waals surface area contributed by atoms with Gasteiger partial charge >= 0.3 is 0 Å². The van der Waals surface area contributed by atoms with Crippen molar-refractivity contribution in [2.75, 3.05) is 0 Å². The number of benzene rings is 3. The fourth-order valence-electron chi connectivity index (χ4n) is 7.37. The largest absolute Gasteiger partial charge is 0.512 e. The minimum atomic E-state index is -0.174. The SMILES string of the molecule is CCC(CC)C(=O)/C=C(\O)C(CC)CC.Cc1[c-]c(-c2nccc3cc(C(C)C4CCCCC4)c4cc(F)ccc4c23)cc(C)c1.[Ir]. The zero-order valence-electron chi connectivity index (χ0n) is 29.4. The zero-order chi connectivity index (χ0) is 33.4. The molecule has 1 fully saturated rings. The molecular formula is C42H53FIrNO2-. The fourth-order valence-corrected chi connectivity index (χ4v) is 7.37. The molecule has 1 atom stereocenters. The van der Waals surface area contributed by atoms with Crippen LogP contribution in [0, 0.1) is 43.5 Å². The number of aryl methyl sites for hydroxylation is 2. The number of aliphatic hydroxyl groups is 1. The summed E-state index contributed by atoms with van der Waals surface area (Å²) in [6.45, 7) is 14.6. The van der Waals surface area contributed by atoms with Crippen LogP contribution >= 0.6 is 0 Å². The molecule has 3 aromatic carbocycles. The molecule has 1 unspecified atom stereocenters. The van der Waals surface area contributed by atoms with E-state index in [1.807, 2.05) is 40.0 Å². The second-order valence-electron chi connectivity index (χ2n) is 13.4. The van der Waals surface area contributed by atoms with Crippen molar-refractivity contribution in [2.24, 2.45) is 17.8 Å². The van der Waals surface area contributed by atoms with Crippen molar-refractivity contribution in [2.45, 2.75) is 112 Å². The van der Waals surface area contributed by atoms with Crippen LogP contribution < -0.4 is 0 Å². The van der Waals surface area contributed by atoms with E-state index in [4.69, 9.17) is 4.98 Å². The Bertz CT molecular complexity index is 1640. The predicted octanol–water partition coefficient (Wildman–Crippen LogP) is 12.2. The number of halogens is 1. The number of nitrogens with zero attached hydrogens (tertiary/aromatic N) is 1. The maximum Gasteiger partial charge on any atom is 0.162 e. The van der Waals surface area contributed by atoms with Crippen molar-refractivity contribution in [1.29, 1.82) is 0 Å². The number of pyridine rings is 1. The van der Waals surface area contributed by atoms with Gasteiger partial charge in [-0.25, -0.2) is 4.39 Å². The molecule has 255 valence electrons. The Kier molecular flexibility index (Phi) is 14.8. The minimum Gasteiger partial charge on any atom is -0.512 e. The zero-order valence-corrected chi connectivity index (χ0v) is 31.8. The molecule has 1 heterocycles. The van der Waals surface area contributed by atoms with Gasteiger partial charge in [-0.2, -0.15) is 0 Å². The Labute approximate surface area is 295 Å². The second kappa shape index (κ2) is 18.0. The number of hydrogen-bond donors (Lipinski definition) is 1. The van der Waals surface area contributed by atoms with Crippen LogP contribution in [-0.4, -0.2) is 15.9 Å². The molecule has 0 saturated heterocycles. The van der Waals surface area contributed by atoms with Gasteiger partial charge in [0, 0.05) is 44.2 Å². The van der Waals surface area contributed by atoms with E-state index in [1.54, 1.807) is 12.1 Å². The first kappa shape index (κ1) is 38.6. The Morgan fingerprint density at radius 3 is 2.21 bits per heavy atom. The first-order valence-electron chi connectivity index (χ1n) is 17.6. The molecular weight excluding hydrogens is 762 g/mol. The van der Waals surface area contributed by atoms with Crippen LogP contribution in [0.25, 0.3) is 32.8 Å². The van der Waals surface area contributed by atoms with E-state index in [2.05, 4.69) is 51.1 Å². The normalized spacial score (nSPS) is 14.6. The molecule has 5 heteroatoms. The van der Waals surface area contributed by atoms with E-state index >= 15 is 0 Å². The molecule has 0 amide bonds. The van der Waals surface area contributed by atoms with E-state index in [0.29, 0.717) is 11.8 Å². The molecule has 47 heavy (non-hydrogen) atoms. The van der Waals surface area contributed by atoms with E-state index in [0.717, 1.165) is 58.7 Å². The second-order valence-corrected chi connectivity index (χ2v) is 13.4. The van der Waals surface area contributed by atoms with Crippen molar-refractivity contribution in [1.82, 2.24) is 4.98 Å². The van der Waals surface area contributed by atoms with Crippen molar-refractivity contribution in [3.05, 3.63) is 89.1 Å². The van der Waals surface area contributed by atoms with Gasteiger partial charge in [0.15, 0.2) is 5.78 Å². The monoisotopic (exact) mass is 815 g/mol. The molecule has 4 aromatic rings. The van der Waals surface area contributed by atoms with Gasteiger partial charge in [0.1, 0.15) is 5.82 Å². The van der Waals surface area contributed by atoms with Gasteiger partial charge in [0.25, 0.3) is 0 Å². The van der Waals surface area contributed by atoms with Crippen molar-refractivity contribution in [3.63, 3.8) is 0 Å². The molecule has 0 aliphatic heterocycles. The summed E-state index contributed by atoms with van der Waals surface area (Å²) in [5.41, 5.74) is 5.50. The molecule has 0 spiro atoms. The molecule has 1 aliphatic carbocycles. The molecule has 5 rings (SSSR count). The quantitative estimate of drug-likeness (QED) is 0.0751. The van der Waals surface area contributed by atoms with Gasteiger partial charge in [-0.1, -0.05) is 79.9 Å². The third-order valence-electron chi connectivity index (χ3n) is 10.2. The Hall–Kier alpha value is -2.88. The van der Waals surface area contributed by atoms with E-state index < -0.39 is 0 Å². The number of carbonyl (C=O) groups is 1. The van der Waals surface area contributed by atoms with Crippen LogP contribution in [0.15, 0.2) is 60.5 Å². The third-order valence-corrected chi connectivity index (χ3v) is 10.2. The number of hydrogen-bond acceptors (Lipinski definition) is 3. The van der Waals surface area contributed by atoms with Crippen molar-refractivity contribution in [3.8, 4) is 11.3 Å². The smallest absolute Gasteiger partial charge is 0.162 e. The summed E-state index contributed by atoms with van der Waals surface area (Å²) in [5.74, 6) is 1.46. The Balaban J connectivity index is 0.000000322. The first-order valence-corrected chi connectivity index (χ1v) is 17.6. The van der Waals surface area contributed by atoms with E-state index in [9.17, 15) is 14.3 Å². The van der Waals surface area contributed by atoms with Crippen LogP contribution in [0.3, 0.4) is 0 Å².